The maximum absolute atomic E-state index is 12.1. The van der Waals surface area contributed by atoms with Gasteiger partial charge >= 0.3 is 0 Å². The summed E-state index contributed by atoms with van der Waals surface area (Å²) in [5, 5.41) is 15.3. The number of anilines is 1. The molecule has 1 fully saturated rings. The number of amides is 1. The predicted molar refractivity (Wildman–Crippen MR) is 100 cm³/mol. The van der Waals surface area contributed by atoms with Gasteiger partial charge in [0.15, 0.2) is 0 Å². The van der Waals surface area contributed by atoms with Gasteiger partial charge in [-0.2, -0.15) is 0 Å². The first-order valence-electron chi connectivity index (χ1n) is 8.65. The Balaban J connectivity index is 1.43. The van der Waals surface area contributed by atoms with Crippen molar-refractivity contribution in [1.29, 1.82) is 0 Å². The minimum atomic E-state index is -0.0432. The van der Waals surface area contributed by atoms with Crippen molar-refractivity contribution >= 4 is 23.4 Å². The molecular weight excluding hydrogens is 352 g/mol. The Bertz CT molecular complexity index is 712. The highest BCUT2D eigenvalue weighted by molar-refractivity contribution is 7.99. The maximum atomic E-state index is 12.1. The van der Waals surface area contributed by atoms with Crippen molar-refractivity contribution in [2.75, 3.05) is 31.4 Å². The zero-order chi connectivity index (χ0) is 18.4. The molecule has 0 saturated carbocycles. The minimum absolute atomic E-state index is 0.0432. The maximum Gasteiger partial charge on any atom is 0.230 e. The zero-order valence-electron chi connectivity index (χ0n) is 15.1. The molecule has 2 aromatic rings. The Morgan fingerprint density at radius 1 is 1.38 bits per heavy atom. The van der Waals surface area contributed by atoms with Crippen molar-refractivity contribution < 1.29 is 9.53 Å². The number of aromatic nitrogens is 4. The summed E-state index contributed by atoms with van der Waals surface area (Å²) in [6, 6.07) is 8.11. The summed E-state index contributed by atoms with van der Waals surface area (Å²) in [6.07, 6.45) is 2.27. The lowest BCUT2D eigenvalue weighted by molar-refractivity contribution is -0.118. The molecule has 1 atom stereocenters. The van der Waals surface area contributed by atoms with E-state index in [0.717, 1.165) is 30.7 Å². The van der Waals surface area contributed by atoms with Crippen LogP contribution in [-0.4, -0.2) is 58.7 Å². The number of nitrogens with zero attached hydrogens (tertiary/aromatic N) is 5. The Morgan fingerprint density at radius 2 is 2.19 bits per heavy atom. The van der Waals surface area contributed by atoms with Crippen LogP contribution in [0.1, 0.15) is 18.4 Å². The van der Waals surface area contributed by atoms with E-state index in [-0.39, 0.29) is 17.8 Å². The lowest BCUT2D eigenvalue weighted by Crippen LogP contribution is -2.25. The van der Waals surface area contributed by atoms with Crippen LogP contribution >= 0.6 is 11.8 Å². The fourth-order valence-electron chi connectivity index (χ4n) is 2.69. The Labute approximate surface area is 157 Å². The van der Waals surface area contributed by atoms with Crippen LogP contribution in [0.25, 0.3) is 0 Å². The highest BCUT2D eigenvalue weighted by Crippen LogP contribution is 2.18. The van der Waals surface area contributed by atoms with E-state index in [0.29, 0.717) is 18.2 Å². The van der Waals surface area contributed by atoms with Crippen LogP contribution in [-0.2, 0) is 22.6 Å². The fourth-order valence-corrected chi connectivity index (χ4v) is 3.41. The first kappa shape index (κ1) is 18.7. The van der Waals surface area contributed by atoms with Crippen LogP contribution in [0, 0.1) is 0 Å². The number of benzene rings is 1. The highest BCUT2D eigenvalue weighted by atomic mass is 32.2. The van der Waals surface area contributed by atoms with Gasteiger partial charge in [-0.1, -0.05) is 23.9 Å². The SMILES string of the molecule is CN(C)c1ccc(CNC(=O)CSc2nnnn2C[C@@H]2CCCO2)cc1. The Hall–Kier alpha value is -2.13. The summed E-state index contributed by atoms with van der Waals surface area (Å²) >= 11 is 1.34. The molecule has 26 heavy (non-hydrogen) atoms. The largest absolute Gasteiger partial charge is 0.378 e. The van der Waals surface area contributed by atoms with E-state index in [1.165, 1.54) is 11.8 Å². The third-order valence-corrected chi connectivity index (χ3v) is 5.13. The molecule has 3 rings (SSSR count). The lowest BCUT2D eigenvalue weighted by Gasteiger charge is -2.13. The van der Waals surface area contributed by atoms with E-state index >= 15 is 0 Å². The second-order valence-corrected chi connectivity index (χ2v) is 7.35. The summed E-state index contributed by atoms with van der Waals surface area (Å²) in [6.45, 7) is 1.94. The van der Waals surface area contributed by atoms with Crippen molar-refractivity contribution in [1.82, 2.24) is 25.5 Å². The highest BCUT2D eigenvalue weighted by Gasteiger charge is 2.19. The second kappa shape index (κ2) is 9.00. The summed E-state index contributed by atoms with van der Waals surface area (Å²) in [5.41, 5.74) is 2.20. The van der Waals surface area contributed by atoms with Gasteiger partial charge in [-0.05, 0) is 41.0 Å². The van der Waals surface area contributed by atoms with Crippen molar-refractivity contribution in [3.63, 3.8) is 0 Å². The van der Waals surface area contributed by atoms with Gasteiger partial charge in [0.2, 0.25) is 11.1 Å². The number of hydrogen-bond donors (Lipinski definition) is 1. The van der Waals surface area contributed by atoms with Gasteiger partial charge in [0, 0.05) is 32.9 Å². The van der Waals surface area contributed by atoms with Gasteiger partial charge in [0.1, 0.15) is 0 Å². The van der Waals surface area contributed by atoms with Crippen LogP contribution in [0.4, 0.5) is 5.69 Å². The van der Waals surface area contributed by atoms with E-state index < -0.39 is 0 Å². The van der Waals surface area contributed by atoms with Crippen molar-refractivity contribution in [2.45, 2.75) is 37.2 Å². The summed E-state index contributed by atoms with van der Waals surface area (Å²) in [7, 11) is 4.00. The number of nitrogens with one attached hydrogen (secondary N) is 1. The molecular formula is C17H24N6O2S. The number of tetrazole rings is 1. The molecule has 0 bridgehead atoms. The lowest BCUT2D eigenvalue weighted by atomic mass is 10.2. The smallest absolute Gasteiger partial charge is 0.230 e. The second-order valence-electron chi connectivity index (χ2n) is 6.40. The fraction of sp³-hybridized carbons (Fsp3) is 0.529. The monoisotopic (exact) mass is 376 g/mol. The number of thioether (sulfide) groups is 1. The number of rotatable bonds is 8. The molecule has 2 heterocycles. The van der Waals surface area contributed by atoms with Crippen molar-refractivity contribution in [3.8, 4) is 0 Å². The van der Waals surface area contributed by atoms with Gasteiger partial charge in [-0.25, -0.2) is 4.68 Å². The average Bonchev–Trinajstić information content (AvgIpc) is 3.31. The van der Waals surface area contributed by atoms with E-state index in [9.17, 15) is 4.79 Å². The van der Waals surface area contributed by atoms with Gasteiger partial charge in [0.25, 0.3) is 0 Å². The van der Waals surface area contributed by atoms with Crippen molar-refractivity contribution in [2.24, 2.45) is 0 Å². The summed E-state index contributed by atoms with van der Waals surface area (Å²) < 4.78 is 7.33. The molecule has 1 saturated heterocycles. The van der Waals surface area contributed by atoms with Gasteiger partial charge in [-0.15, -0.1) is 5.10 Å². The first-order chi connectivity index (χ1) is 12.6. The molecule has 8 nitrogen and oxygen atoms in total. The van der Waals surface area contributed by atoms with Gasteiger partial charge in [-0.3, -0.25) is 4.79 Å². The molecule has 1 amide bonds. The first-order valence-corrected chi connectivity index (χ1v) is 9.64. The molecule has 0 aliphatic carbocycles. The topological polar surface area (TPSA) is 85.2 Å². The molecule has 1 N–H and O–H groups in total. The number of ether oxygens (including phenoxy) is 1. The zero-order valence-corrected chi connectivity index (χ0v) is 15.9. The molecule has 0 unspecified atom stereocenters. The van der Waals surface area contributed by atoms with E-state index in [2.05, 4.69) is 20.8 Å². The Morgan fingerprint density at radius 3 is 2.88 bits per heavy atom. The number of hydrogen-bond acceptors (Lipinski definition) is 7. The third-order valence-electron chi connectivity index (χ3n) is 4.17. The summed E-state index contributed by atoms with van der Waals surface area (Å²) in [5.74, 6) is 0.236. The van der Waals surface area contributed by atoms with E-state index in [1.807, 2.05) is 43.3 Å². The van der Waals surface area contributed by atoms with Crippen molar-refractivity contribution in [3.05, 3.63) is 29.8 Å². The van der Waals surface area contributed by atoms with E-state index in [4.69, 9.17) is 4.74 Å². The van der Waals surface area contributed by atoms with Crippen LogP contribution < -0.4 is 10.2 Å². The van der Waals surface area contributed by atoms with Crippen LogP contribution in [0.15, 0.2) is 29.4 Å². The molecule has 9 heteroatoms. The molecule has 1 aromatic carbocycles. The number of carbonyl (C=O) groups is 1. The van der Waals surface area contributed by atoms with Gasteiger partial charge < -0.3 is 15.0 Å². The minimum Gasteiger partial charge on any atom is -0.378 e. The molecule has 0 radical (unpaired) electrons. The quantitative estimate of drug-likeness (QED) is 0.696. The molecule has 1 aliphatic rings. The average molecular weight is 376 g/mol. The van der Waals surface area contributed by atoms with Crippen LogP contribution in [0.2, 0.25) is 0 Å². The van der Waals surface area contributed by atoms with Crippen LogP contribution in [0.3, 0.4) is 0 Å². The standard InChI is InChI=1S/C17H24N6O2S/c1-22(2)14-7-5-13(6-8-14)10-18-16(24)12-26-17-19-20-21-23(17)11-15-4-3-9-25-15/h5-8,15H,3-4,9-12H2,1-2H3,(H,18,24)/t15-/m0/s1. The Kier molecular flexibility index (Phi) is 6.45. The normalized spacial score (nSPS) is 16.6. The summed E-state index contributed by atoms with van der Waals surface area (Å²) in [4.78, 5) is 14.1. The molecule has 1 aromatic heterocycles. The van der Waals surface area contributed by atoms with E-state index in [1.54, 1.807) is 4.68 Å². The molecule has 1 aliphatic heterocycles. The van der Waals surface area contributed by atoms with Crippen LogP contribution in [0.5, 0.6) is 0 Å². The molecule has 0 spiro atoms. The van der Waals surface area contributed by atoms with Gasteiger partial charge in [0.05, 0.1) is 18.4 Å². The third kappa shape index (κ3) is 5.18. The predicted octanol–water partition coefficient (Wildman–Crippen LogP) is 1.33. The number of carbonyl (C=O) groups excluding carboxylic acids is 1. The molecule has 140 valence electrons.